The second-order valence-corrected chi connectivity index (χ2v) is 1.69. The lowest BCUT2D eigenvalue weighted by Crippen LogP contribution is -1.68. The van der Waals surface area contributed by atoms with E-state index in [1.807, 2.05) is 0 Å². The van der Waals surface area contributed by atoms with E-state index in [0.29, 0.717) is 0 Å². The number of carbonyl (C=O) groups is 1. The summed E-state index contributed by atoms with van der Waals surface area (Å²) in [5.74, 6) is 0. The molecule has 30 valence electrons. The van der Waals surface area contributed by atoms with E-state index in [1.165, 1.54) is 0 Å². The van der Waals surface area contributed by atoms with Gasteiger partial charge in [-0.25, -0.2) is 4.79 Å². The number of hydrogen-bond donors (Lipinski definition) is 1. The topological polar surface area (TPSA) is 54.4 Å². The molecule has 0 aromatic heterocycles. The molecule has 3 nitrogen and oxygen atoms in total. The lowest BCUT2D eigenvalue weighted by Gasteiger charge is -1.57. The van der Waals surface area contributed by atoms with Crippen LogP contribution in [0.1, 0.15) is 0 Å². The Morgan fingerprint density at radius 1 is 1.80 bits per heavy atom. The van der Waals surface area contributed by atoms with Gasteiger partial charge >= 0.3 is 3.98 Å². The van der Waals surface area contributed by atoms with Gasteiger partial charge in [-0.1, -0.05) is 0 Å². The summed E-state index contributed by atoms with van der Waals surface area (Å²) < 4.78 is 7.95. The third kappa shape index (κ3) is 4.00. The summed E-state index contributed by atoms with van der Waals surface area (Å²) in [6, 6.07) is 0. The van der Waals surface area contributed by atoms with Gasteiger partial charge in [-0.2, -0.15) is 0 Å². The molecule has 0 aromatic rings. The molecule has 0 radical (unpaired) electrons. The molecule has 0 unspecified atom stereocenters. The van der Waals surface area contributed by atoms with Crippen LogP contribution in [-0.2, 0) is 3.07 Å². The maximum absolute atomic E-state index is 9.14. The Hall–Kier alpha value is 0. The fraction of sp³-hybridized carbons (Fsp3) is 0. The molecule has 4 heteroatoms. The maximum atomic E-state index is 9.14. The Bertz CT molecular complexity index is 57.9. The zero-order chi connectivity index (χ0) is 4.28. The van der Waals surface area contributed by atoms with Crippen LogP contribution in [0.25, 0.3) is 0 Å². The van der Waals surface area contributed by atoms with Crippen molar-refractivity contribution in [3.63, 3.8) is 0 Å². The smallest absolute Gasteiger partial charge is 0.399 e. The average Bonchev–Trinajstić information content (AvgIpc) is 1.38. The highest BCUT2D eigenvalue weighted by Gasteiger charge is 1.83. The summed E-state index contributed by atoms with van der Waals surface area (Å²) in [5, 5.41) is 7.46. The second kappa shape index (κ2) is 2.25. The Morgan fingerprint density at radius 2 is 2.00 bits per heavy atom. The van der Waals surface area contributed by atoms with Gasteiger partial charge in [-0.05, 0) is 0 Å². The minimum absolute atomic E-state index is 1.19. The number of halogens is 1. The van der Waals surface area contributed by atoms with Crippen LogP contribution in [0.4, 0.5) is 4.79 Å². The Morgan fingerprint density at radius 3 is 2.00 bits per heavy atom. The molecular formula is CHIO3. The van der Waals surface area contributed by atoms with E-state index >= 15 is 0 Å². The Kier molecular flexibility index (Phi) is 2.25. The molecule has 0 saturated heterocycles. The van der Waals surface area contributed by atoms with Crippen molar-refractivity contribution in [2.24, 2.45) is 0 Å². The van der Waals surface area contributed by atoms with Crippen molar-refractivity contribution in [1.82, 2.24) is 0 Å². The summed E-state index contributed by atoms with van der Waals surface area (Å²) in [7, 11) is 0. The molecule has 0 heterocycles. The van der Waals surface area contributed by atoms with E-state index in [9.17, 15) is 0 Å². The van der Waals surface area contributed by atoms with E-state index in [0.717, 1.165) is 0 Å². The molecule has 0 aliphatic heterocycles. The van der Waals surface area contributed by atoms with Crippen LogP contribution in [0.2, 0.25) is 0 Å². The zero-order valence-electron chi connectivity index (χ0n) is 2.14. The molecule has 0 saturated carbocycles. The highest BCUT2D eigenvalue weighted by Crippen LogP contribution is 1.88. The van der Waals surface area contributed by atoms with Crippen molar-refractivity contribution in [2.45, 2.75) is 0 Å². The molecule has 0 bridgehead atoms. The summed E-state index contributed by atoms with van der Waals surface area (Å²) >= 11 is -1.79. The zero-order valence-corrected chi connectivity index (χ0v) is 4.30. The van der Waals surface area contributed by atoms with Crippen LogP contribution in [-0.4, -0.2) is 9.08 Å². The van der Waals surface area contributed by atoms with E-state index in [1.54, 1.807) is 0 Å². The molecule has 0 amide bonds. The largest absolute Gasteiger partial charge is 0.472 e. The molecule has 0 rings (SSSR count). The average molecular weight is 188 g/mol. The number of hydrogen-bond acceptors (Lipinski definition) is 2. The molecule has 0 aliphatic rings. The van der Waals surface area contributed by atoms with Crippen molar-refractivity contribution in [1.29, 1.82) is 0 Å². The highest BCUT2D eigenvalue weighted by molar-refractivity contribution is 14.2. The van der Waals surface area contributed by atoms with Gasteiger partial charge in [0.15, 0.2) is 0 Å². The van der Waals surface area contributed by atoms with Gasteiger partial charge in [-0.15, -0.1) is 0 Å². The molecule has 0 spiro atoms. The summed E-state index contributed by atoms with van der Waals surface area (Å²) in [6.07, 6.45) is 0. The molecule has 0 aliphatic carbocycles. The first-order chi connectivity index (χ1) is 2.27. The highest BCUT2D eigenvalue weighted by atomic mass is 127. The Labute approximate surface area is 38.6 Å². The van der Waals surface area contributed by atoms with Crippen LogP contribution >= 0.6 is 21.2 Å². The molecule has 1 N–H and O–H groups in total. The van der Waals surface area contributed by atoms with Crippen LogP contribution in [0.15, 0.2) is 0 Å². The normalized spacial score (nSPS) is 7.20. The van der Waals surface area contributed by atoms with Crippen molar-refractivity contribution in [2.75, 3.05) is 0 Å². The van der Waals surface area contributed by atoms with E-state index in [-0.39, 0.29) is 0 Å². The van der Waals surface area contributed by atoms with Gasteiger partial charge in [-0.3, -0.25) is 3.07 Å². The van der Waals surface area contributed by atoms with Crippen LogP contribution in [0.5, 0.6) is 0 Å². The van der Waals surface area contributed by atoms with Gasteiger partial charge in [0.1, 0.15) is 0 Å². The van der Waals surface area contributed by atoms with Crippen molar-refractivity contribution in [3.8, 4) is 0 Å². The summed E-state index contributed by atoms with van der Waals surface area (Å²) in [4.78, 5) is 9.10. The first-order valence-electron chi connectivity index (χ1n) is 0.771. The van der Waals surface area contributed by atoms with Gasteiger partial charge < -0.3 is 5.11 Å². The molecule has 0 atom stereocenters. The van der Waals surface area contributed by atoms with E-state index in [4.69, 9.17) is 13.0 Å². The van der Waals surface area contributed by atoms with Crippen LogP contribution in [0, 0.1) is 0 Å². The van der Waals surface area contributed by atoms with E-state index < -0.39 is 25.2 Å². The predicted molar refractivity (Wildman–Crippen MR) is 22.7 cm³/mol. The second-order valence-electron chi connectivity index (χ2n) is 0.330. The quantitative estimate of drug-likeness (QED) is 0.492. The van der Waals surface area contributed by atoms with E-state index in [2.05, 4.69) is 0 Å². The van der Waals surface area contributed by atoms with Gasteiger partial charge in [0, 0.05) is 0 Å². The molecular weight excluding hydrogens is 187 g/mol. The first-order valence-corrected chi connectivity index (χ1v) is 2.73. The monoisotopic (exact) mass is 188 g/mol. The van der Waals surface area contributed by atoms with Gasteiger partial charge in [0.2, 0.25) is 0 Å². The fourth-order valence-corrected chi connectivity index (χ4v) is 0. The third-order valence-electron chi connectivity index (χ3n) is 0.0660. The number of rotatable bonds is 1. The summed E-state index contributed by atoms with van der Waals surface area (Å²) in [6.45, 7) is 0. The molecule has 5 heavy (non-hydrogen) atoms. The summed E-state index contributed by atoms with van der Waals surface area (Å²) in [5.41, 5.74) is 0. The number of carboxylic acid groups (broad SMARTS) is 1. The SMILES string of the molecule is O=IC(=O)O. The standard InChI is InChI=1S/CHIO3/c3-1(4)2-5/h(H,3,4). The minimum atomic E-state index is -1.79. The van der Waals surface area contributed by atoms with Crippen molar-refractivity contribution < 1.29 is 13.0 Å². The predicted octanol–water partition coefficient (Wildman–Crippen LogP) is 0.981. The van der Waals surface area contributed by atoms with Crippen molar-refractivity contribution in [3.05, 3.63) is 0 Å². The van der Waals surface area contributed by atoms with Gasteiger partial charge in [0.25, 0.3) is 21.2 Å². The first kappa shape index (κ1) is 5.00. The van der Waals surface area contributed by atoms with Crippen LogP contribution in [0.3, 0.4) is 0 Å². The molecule has 0 fully saturated rings. The van der Waals surface area contributed by atoms with Gasteiger partial charge in [0.05, 0.1) is 0 Å². The Balaban J connectivity index is 3.20. The van der Waals surface area contributed by atoms with Crippen molar-refractivity contribution >= 4 is 25.2 Å². The fourth-order valence-electron chi connectivity index (χ4n) is 0. The molecule has 0 aromatic carbocycles. The lowest BCUT2D eigenvalue weighted by molar-refractivity contribution is 0.225. The lowest BCUT2D eigenvalue weighted by atomic mass is 11.7. The maximum Gasteiger partial charge on any atom is 0.399 e. The third-order valence-corrected chi connectivity index (χ3v) is 0.443. The minimum Gasteiger partial charge on any atom is -0.472 e. The van der Waals surface area contributed by atoms with Crippen LogP contribution < -0.4 is 0 Å².